The smallest absolute Gasteiger partial charge is 0.263 e. The van der Waals surface area contributed by atoms with Gasteiger partial charge < -0.3 is 24.2 Å². The van der Waals surface area contributed by atoms with Crippen molar-refractivity contribution in [1.82, 2.24) is 0 Å². The van der Waals surface area contributed by atoms with Gasteiger partial charge in [0.25, 0.3) is 7.37 Å². The minimum atomic E-state index is -3.40. The van der Waals surface area contributed by atoms with Gasteiger partial charge in [-0.1, -0.05) is 0 Å². The van der Waals surface area contributed by atoms with Crippen molar-refractivity contribution < 1.29 is 28.8 Å². The normalized spacial score (nSPS) is 17.4. The summed E-state index contributed by atoms with van der Waals surface area (Å²) in [6.45, 7) is 7.12. The van der Waals surface area contributed by atoms with E-state index in [-0.39, 0.29) is 12.8 Å². The molecular weight excluding hydrogens is 259 g/mol. The summed E-state index contributed by atoms with van der Waals surface area (Å²) in [6.07, 6.45) is -1.32. The molecule has 6 nitrogen and oxygen atoms in total. The highest BCUT2D eigenvalue weighted by Crippen LogP contribution is 2.60. The van der Waals surface area contributed by atoms with Gasteiger partial charge in [-0.05, 0) is 27.7 Å². The van der Waals surface area contributed by atoms with E-state index in [9.17, 15) is 9.67 Å². The fourth-order valence-corrected chi connectivity index (χ4v) is 4.06. The minimum absolute atomic E-state index is 0.201. The Morgan fingerprint density at radius 2 is 1.67 bits per heavy atom. The summed E-state index contributed by atoms with van der Waals surface area (Å²) in [6, 6.07) is 0. The van der Waals surface area contributed by atoms with Gasteiger partial charge in [-0.15, -0.1) is 0 Å². The highest BCUT2D eigenvalue weighted by molar-refractivity contribution is 7.60. The first-order valence-electron chi connectivity index (χ1n) is 6.19. The van der Waals surface area contributed by atoms with E-state index in [1.165, 1.54) is 0 Å². The second-order valence-electron chi connectivity index (χ2n) is 3.87. The molecule has 0 aliphatic rings. The Balaban J connectivity index is 5.16. The Bertz CT molecular complexity index is 264. The van der Waals surface area contributed by atoms with E-state index in [1.54, 1.807) is 27.7 Å². The second kappa shape index (κ2) is 8.25. The number of ether oxygens (including phenoxy) is 2. The van der Waals surface area contributed by atoms with E-state index >= 15 is 0 Å². The Hall–Kier alpha value is 0.0300. The van der Waals surface area contributed by atoms with Crippen LogP contribution in [-0.4, -0.2) is 54.4 Å². The molecule has 2 atom stereocenters. The number of aliphatic hydroxyl groups is 2. The van der Waals surface area contributed by atoms with Crippen molar-refractivity contribution in [2.75, 3.05) is 32.6 Å². The Morgan fingerprint density at radius 3 is 2.00 bits per heavy atom. The third-order valence-electron chi connectivity index (χ3n) is 2.44. The second-order valence-corrected chi connectivity index (χ2v) is 6.66. The maximum absolute atomic E-state index is 12.8. The van der Waals surface area contributed by atoms with Gasteiger partial charge in [0.1, 0.15) is 0 Å². The van der Waals surface area contributed by atoms with Gasteiger partial charge in [-0.2, -0.15) is 0 Å². The maximum Gasteiger partial charge on any atom is 0.263 e. The van der Waals surface area contributed by atoms with Crippen molar-refractivity contribution in [3.8, 4) is 0 Å². The molecule has 0 saturated carbocycles. The summed E-state index contributed by atoms with van der Waals surface area (Å²) in [5.41, 5.74) is -1.40. The summed E-state index contributed by atoms with van der Waals surface area (Å²) in [4.78, 5) is 0. The molecule has 0 radical (unpaired) electrons. The molecular formula is C11H25O6P. The molecule has 18 heavy (non-hydrogen) atoms. The van der Waals surface area contributed by atoms with E-state index < -0.39 is 25.6 Å². The van der Waals surface area contributed by atoms with Crippen LogP contribution in [0.15, 0.2) is 0 Å². The molecule has 0 amide bonds. The average molecular weight is 284 g/mol. The summed E-state index contributed by atoms with van der Waals surface area (Å²) >= 11 is 0. The molecule has 0 rings (SSSR count). The predicted octanol–water partition coefficient (Wildman–Crippen LogP) is 1.40. The summed E-state index contributed by atoms with van der Waals surface area (Å²) < 4.78 is 29.0. The van der Waals surface area contributed by atoms with Gasteiger partial charge >= 0.3 is 0 Å². The van der Waals surface area contributed by atoms with Crippen molar-refractivity contribution in [1.29, 1.82) is 0 Å². The lowest BCUT2D eigenvalue weighted by Crippen LogP contribution is -2.37. The SMILES string of the molecule is CCOC(C)(OCC)P(=O)(CC(O)CO)OCC. The summed E-state index contributed by atoms with van der Waals surface area (Å²) in [5, 5.41) is 18.4. The molecule has 0 aromatic carbocycles. The van der Waals surface area contributed by atoms with Crippen LogP contribution in [0.25, 0.3) is 0 Å². The first-order chi connectivity index (χ1) is 8.39. The molecule has 7 heteroatoms. The number of hydrogen-bond donors (Lipinski definition) is 2. The van der Waals surface area contributed by atoms with E-state index in [2.05, 4.69) is 0 Å². The summed E-state index contributed by atoms with van der Waals surface area (Å²) in [5.74, 6) is 0. The lowest BCUT2D eigenvalue weighted by atomic mass is 10.4. The highest BCUT2D eigenvalue weighted by atomic mass is 31.2. The standard InChI is InChI=1S/C11H25O6P/c1-5-15-11(4,16-6-2)18(14,17-7-3)9-10(13)8-12/h10,12-13H,5-9H2,1-4H3. The first-order valence-corrected chi connectivity index (χ1v) is 8.00. The largest absolute Gasteiger partial charge is 0.394 e. The van der Waals surface area contributed by atoms with Crippen molar-refractivity contribution in [3.63, 3.8) is 0 Å². The molecule has 0 fully saturated rings. The molecule has 0 aliphatic heterocycles. The first kappa shape index (κ1) is 18.0. The van der Waals surface area contributed by atoms with Crippen LogP contribution in [0, 0.1) is 0 Å². The number of hydrogen-bond acceptors (Lipinski definition) is 6. The maximum atomic E-state index is 12.8. The lowest BCUT2D eigenvalue weighted by Gasteiger charge is -2.36. The molecule has 0 aromatic rings. The number of rotatable bonds is 10. The van der Waals surface area contributed by atoms with Crippen LogP contribution < -0.4 is 0 Å². The van der Waals surface area contributed by atoms with Crippen LogP contribution in [0.2, 0.25) is 0 Å². The molecule has 2 N–H and O–H groups in total. The molecule has 0 spiro atoms. The quantitative estimate of drug-likeness (QED) is 0.466. The van der Waals surface area contributed by atoms with Crippen LogP contribution in [0.1, 0.15) is 27.7 Å². The van der Waals surface area contributed by atoms with Gasteiger partial charge in [0.05, 0.1) is 25.5 Å². The van der Waals surface area contributed by atoms with Crippen molar-refractivity contribution in [3.05, 3.63) is 0 Å². The zero-order valence-electron chi connectivity index (χ0n) is 11.6. The molecule has 110 valence electrons. The molecule has 0 bridgehead atoms. The van der Waals surface area contributed by atoms with Gasteiger partial charge in [0.15, 0.2) is 0 Å². The fraction of sp³-hybridized carbons (Fsp3) is 1.00. The number of aliphatic hydroxyl groups excluding tert-OH is 2. The van der Waals surface area contributed by atoms with E-state index in [0.717, 1.165) is 0 Å². The van der Waals surface area contributed by atoms with Gasteiger partial charge in [0, 0.05) is 13.2 Å². The van der Waals surface area contributed by atoms with Crippen LogP contribution in [-0.2, 0) is 18.6 Å². The molecule has 2 unspecified atom stereocenters. The Labute approximate surface area is 109 Å². The highest BCUT2D eigenvalue weighted by Gasteiger charge is 2.48. The zero-order valence-corrected chi connectivity index (χ0v) is 12.5. The lowest BCUT2D eigenvalue weighted by molar-refractivity contribution is -0.168. The van der Waals surface area contributed by atoms with Gasteiger partial charge in [-0.25, -0.2) is 0 Å². The third kappa shape index (κ3) is 4.61. The topological polar surface area (TPSA) is 85.2 Å². The third-order valence-corrected chi connectivity index (χ3v) is 5.52. The van der Waals surface area contributed by atoms with E-state index in [1.807, 2.05) is 0 Å². The Morgan fingerprint density at radius 1 is 1.17 bits per heavy atom. The van der Waals surface area contributed by atoms with Crippen molar-refractivity contribution in [2.45, 2.75) is 39.3 Å². The van der Waals surface area contributed by atoms with E-state index in [0.29, 0.717) is 13.2 Å². The van der Waals surface area contributed by atoms with Crippen molar-refractivity contribution >= 4 is 7.37 Å². The average Bonchev–Trinajstić information content (AvgIpc) is 2.29. The molecule has 0 aliphatic carbocycles. The van der Waals surface area contributed by atoms with Crippen LogP contribution >= 0.6 is 7.37 Å². The van der Waals surface area contributed by atoms with Gasteiger partial charge in [0.2, 0.25) is 5.53 Å². The Kier molecular flexibility index (Phi) is 8.26. The van der Waals surface area contributed by atoms with E-state index in [4.69, 9.17) is 19.1 Å². The van der Waals surface area contributed by atoms with Crippen LogP contribution in [0.5, 0.6) is 0 Å². The zero-order chi connectivity index (χ0) is 14.2. The fourth-order valence-electron chi connectivity index (χ4n) is 1.65. The minimum Gasteiger partial charge on any atom is -0.394 e. The van der Waals surface area contributed by atoms with Crippen LogP contribution in [0.4, 0.5) is 0 Å². The van der Waals surface area contributed by atoms with Crippen molar-refractivity contribution in [2.24, 2.45) is 0 Å². The van der Waals surface area contributed by atoms with Crippen LogP contribution in [0.3, 0.4) is 0 Å². The molecule has 0 heterocycles. The molecule has 0 aromatic heterocycles. The summed E-state index contributed by atoms with van der Waals surface area (Å²) in [7, 11) is -3.40. The monoisotopic (exact) mass is 284 g/mol. The predicted molar refractivity (Wildman–Crippen MR) is 68.8 cm³/mol. The van der Waals surface area contributed by atoms with Gasteiger partial charge in [-0.3, -0.25) is 4.57 Å². The molecule has 0 saturated heterocycles.